The predicted molar refractivity (Wildman–Crippen MR) is 88.9 cm³/mol. The fraction of sp³-hybridized carbons (Fsp3) is 0.706. The summed E-state index contributed by atoms with van der Waals surface area (Å²) >= 11 is 0. The van der Waals surface area contributed by atoms with Crippen molar-refractivity contribution in [1.29, 1.82) is 0 Å². The zero-order chi connectivity index (χ0) is 15.8. The van der Waals surface area contributed by atoms with Gasteiger partial charge in [0.25, 0.3) is 5.91 Å². The molecule has 1 aromatic heterocycles. The van der Waals surface area contributed by atoms with Crippen LogP contribution >= 0.6 is 0 Å². The maximum Gasteiger partial charge on any atom is 0.254 e. The van der Waals surface area contributed by atoms with Crippen molar-refractivity contribution in [2.75, 3.05) is 11.9 Å². The molecule has 0 unspecified atom stereocenters. The quantitative estimate of drug-likeness (QED) is 0.791. The Hall–Kier alpha value is -1.65. The SMILES string of the molecule is CC(C)CCNC(=O)c1cnc(NC2CCCCCC2)nc1. The van der Waals surface area contributed by atoms with Gasteiger partial charge in [-0.15, -0.1) is 0 Å². The number of hydrogen-bond acceptors (Lipinski definition) is 4. The van der Waals surface area contributed by atoms with E-state index in [1.54, 1.807) is 12.4 Å². The Labute approximate surface area is 133 Å². The van der Waals surface area contributed by atoms with Crippen LogP contribution in [0.15, 0.2) is 12.4 Å². The summed E-state index contributed by atoms with van der Waals surface area (Å²) in [6.07, 6.45) is 11.8. The second kappa shape index (κ2) is 8.71. The first-order valence-electron chi connectivity index (χ1n) is 8.52. The molecule has 0 saturated heterocycles. The highest BCUT2D eigenvalue weighted by Crippen LogP contribution is 2.19. The molecule has 0 aliphatic heterocycles. The first-order chi connectivity index (χ1) is 10.6. The summed E-state index contributed by atoms with van der Waals surface area (Å²) in [6, 6.07) is 0.466. The van der Waals surface area contributed by atoms with Crippen molar-refractivity contribution >= 4 is 11.9 Å². The molecule has 2 N–H and O–H groups in total. The first kappa shape index (κ1) is 16.7. The molecular formula is C17H28N4O. The maximum atomic E-state index is 12.0. The third-order valence-electron chi connectivity index (χ3n) is 4.11. The lowest BCUT2D eigenvalue weighted by molar-refractivity contribution is 0.0951. The van der Waals surface area contributed by atoms with Crippen LogP contribution < -0.4 is 10.6 Å². The van der Waals surface area contributed by atoms with E-state index in [9.17, 15) is 4.79 Å². The average Bonchev–Trinajstić information content (AvgIpc) is 2.76. The fourth-order valence-corrected chi connectivity index (χ4v) is 2.70. The van der Waals surface area contributed by atoms with E-state index in [0.717, 1.165) is 6.42 Å². The van der Waals surface area contributed by atoms with Gasteiger partial charge in [-0.2, -0.15) is 0 Å². The Bertz CT molecular complexity index is 450. The molecule has 0 atom stereocenters. The summed E-state index contributed by atoms with van der Waals surface area (Å²) < 4.78 is 0. The number of hydrogen-bond donors (Lipinski definition) is 2. The van der Waals surface area contributed by atoms with E-state index in [4.69, 9.17) is 0 Å². The number of carbonyl (C=O) groups excluding carboxylic acids is 1. The molecule has 0 bridgehead atoms. The van der Waals surface area contributed by atoms with Crippen LogP contribution in [0.4, 0.5) is 5.95 Å². The monoisotopic (exact) mass is 304 g/mol. The third kappa shape index (κ3) is 5.62. The van der Waals surface area contributed by atoms with Crippen LogP contribution in [0.25, 0.3) is 0 Å². The Morgan fingerprint density at radius 2 is 1.82 bits per heavy atom. The molecule has 22 heavy (non-hydrogen) atoms. The first-order valence-corrected chi connectivity index (χ1v) is 8.52. The zero-order valence-corrected chi connectivity index (χ0v) is 13.8. The fourth-order valence-electron chi connectivity index (χ4n) is 2.70. The van der Waals surface area contributed by atoms with Crippen LogP contribution in [-0.2, 0) is 0 Å². The van der Waals surface area contributed by atoms with Gasteiger partial charge in [0, 0.05) is 25.0 Å². The largest absolute Gasteiger partial charge is 0.352 e. The molecule has 1 heterocycles. The molecular weight excluding hydrogens is 276 g/mol. The molecule has 1 aliphatic rings. The lowest BCUT2D eigenvalue weighted by Crippen LogP contribution is -2.26. The van der Waals surface area contributed by atoms with Crippen LogP contribution in [0, 0.1) is 5.92 Å². The predicted octanol–water partition coefficient (Wildman–Crippen LogP) is 3.39. The molecule has 1 aliphatic carbocycles. The molecule has 1 saturated carbocycles. The molecule has 0 aromatic carbocycles. The number of nitrogens with zero attached hydrogens (tertiary/aromatic N) is 2. The molecule has 0 radical (unpaired) electrons. The zero-order valence-electron chi connectivity index (χ0n) is 13.8. The third-order valence-corrected chi connectivity index (χ3v) is 4.11. The highest BCUT2D eigenvalue weighted by atomic mass is 16.1. The van der Waals surface area contributed by atoms with Gasteiger partial charge in [-0.05, 0) is 25.2 Å². The second-order valence-corrected chi connectivity index (χ2v) is 6.57. The van der Waals surface area contributed by atoms with Gasteiger partial charge in [-0.1, -0.05) is 39.5 Å². The van der Waals surface area contributed by atoms with Gasteiger partial charge in [0.05, 0.1) is 5.56 Å². The summed E-state index contributed by atoms with van der Waals surface area (Å²) in [5, 5.41) is 6.29. The van der Waals surface area contributed by atoms with E-state index >= 15 is 0 Å². The Morgan fingerprint density at radius 3 is 2.41 bits per heavy atom. The van der Waals surface area contributed by atoms with Crippen LogP contribution in [0.1, 0.15) is 69.2 Å². The molecule has 5 heteroatoms. The number of carbonyl (C=O) groups is 1. The minimum absolute atomic E-state index is 0.0957. The summed E-state index contributed by atoms with van der Waals surface area (Å²) in [4.78, 5) is 20.5. The summed E-state index contributed by atoms with van der Waals surface area (Å²) in [5.74, 6) is 1.12. The van der Waals surface area contributed by atoms with E-state index in [1.165, 1.54) is 38.5 Å². The smallest absolute Gasteiger partial charge is 0.254 e. The normalized spacial score (nSPS) is 16.3. The minimum atomic E-state index is -0.0957. The van der Waals surface area contributed by atoms with Gasteiger partial charge in [0.15, 0.2) is 0 Å². The van der Waals surface area contributed by atoms with Gasteiger partial charge in [-0.25, -0.2) is 9.97 Å². The minimum Gasteiger partial charge on any atom is -0.352 e. The number of nitrogens with one attached hydrogen (secondary N) is 2. The second-order valence-electron chi connectivity index (χ2n) is 6.57. The average molecular weight is 304 g/mol. The van der Waals surface area contributed by atoms with Crippen molar-refractivity contribution in [1.82, 2.24) is 15.3 Å². The Morgan fingerprint density at radius 1 is 1.18 bits per heavy atom. The lowest BCUT2D eigenvalue weighted by atomic mass is 10.1. The highest BCUT2D eigenvalue weighted by Gasteiger charge is 2.13. The van der Waals surface area contributed by atoms with Crippen LogP contribution in [0.3, 0.4) is 0 Å². The van der Waals surface area contributed by atoms with E-state index < -0.39 is 0 Å². The van der Waals surface area contributed by atoms with Crippen molar-refractivity contribution in [3.8, 4) is 0 Å². The molecule has 1 amide bonds. The van der Waals surface area contributed by atoms with Crippen molar-refractivity contribution in [2.45, 2.75) is 64.8 Å². The Kier molecular flexibility index (Phi) is 6.62. The lowest BCUT2D eigenvalue weighted by Gasteiger charge is -2.15. The van der Waals surface area contributed by atoms with Gasteiger partial charge in [0.2, 0.25) is 5.95 Å². The van der Waals surface area contributed by atoms with Crippen LogP contribution in [0.2, 0.25) is 0 Å². The van der Waals surface area contributed by atoms with Gasteiger partial charge < -0.3 is 10.6 Å². The number of rotatable bonds is 6. The van der Waals surface area contributed by atoms with Gasteiger partial charge in [-0.3, -0.25) is 4.79 Å². The molecule has 2 rings (SSSR count). The number of anilines is 1. The van der Waals surface area contributed by atoms with Crippen molar-refractivity contribution in [3.63, 3.8) is 0 Å². The molecule has 5 nitrogen and oxygen atoms in total. The topological polar surface area (TPSA) is 66.9 Å². The van der Waals surface area contributed by atoms with Gasteiger partial charge >= 0.3 is 0 Å². The summed E-state index contributed by atoms with van der Waals surface area (Å²) in [6.45, 7) is 4.98. The number of amides is 1. The number of aromatic nitrogens is 2. The van der Waals surface area contributed by atoms with E-state index in [0.29, 0.717) is 30.0 Å². The van der Waals surface area contributed by atoms with E-state index in [1.807, 2.05) is 0 Å². The van der Waals surface area contributed by atoms with Crippen LogP contribution in [-0.4, -0.2) is 28.5 Å². The summed E-state index contributed by atoms with van der Waals surface area (Å²) in [7, 11) is 0. The van der Waals surface area contributed by atoms with E-state index in [-0.39, 0.29) is 5.91 Å². The van der Waals surface area contributed by atoms with Crippen LogP contribution in [0.5, 0.6) is 0 Å². The molecule has 122 valence electrons. The van der Waals surface area contributed by atoms with Crippen molar-refractivity contribution in [3.05, 3.63) is 18.0 Å². The van der Waals surface area contributed by atoms with Crippen molar-refractivity contribution < 1.29 is 4.79 Å². The Balaban J connectivity index is 1.82. The van der Waals surface area contributed by atoms with Gasteiger partial charge in [0.1, 0.15) is 0 Å². The standard InChI is InChI=1S/C17H28N4O/c1-13(2)9-10-18-16(22)14-11-19-17(20-12-14)21-15-7-5-3-4-6-8-15/h11-13,15H,3-10H2,1-2H3,(H,18,22)(H,19,20,21). The molecule has 0 spiro atoms. The maximum absolute atomic E-state index is 12.0. The van der Waals surface area contributed by atoms with Crippen molar-refractivity contribution in [2.24, 2.45) is 5.92 Å². The summed E-state index contributed by atoms with van der Waals surface area (Å²) in [5.41, 5.74) is 0.523. The molecule has 1 aromatic rings. The van der Waals surface area contributed by atoms with E-state index in [2.05, 4.69) is 34.4 Å². The molecule has 1 fully saturated rings. The highest BCUT2D eigenvalue weighted by molar-refractivity contribution is 5.93.